The van der Waals surface area contributed by atoms with Gasteiger partial charge in [0.1, 0.15) is 17.2 Å². The van der Waals surface area contributed by atoms with E-state index < -0.39 is 45.8 Å². The van der Waals surface area contributed by atoms with Crippen LogP contribution in [0.1, 0.15) is 63.2 Å². The second kappa shape index (κ2) is 10.3. The molecule has 2 aromatic carbocycles. The van der Waals surface area contributed by atoms with Crippen molar-refractivity contribution in [1.29, 1.82) is 0 Å². The average Bonchev–Trinajstić information content (AvgIpc) is 2.78. The van der Waals surface area contributed by atoms with Crippen LogP contribution < -0.4 is 5.32 Å². The summed E-state index contributed by atoms with van der Waals surface area (Å²) in [6, 6.07) is 6.00. The fourth-order valence-electron chi connectivity index (χ4n) is 4.15. The number of hydrogen-bond donors (Lipinski definition) is 1. The number of halogens is 2. The molecule has 9 heteroatoms. The Morgan fingerprint density at radius 3 is 2.24 bits per heavy atom. The molecular weight excluding hydrogens is 446 g/mol. The van der Waals surface area contributed by atoms with Crippen molar-refractivity contribution in [3.05, 3.63) is 63.7 Å². The van der Waals surface area contributed by atoms with Crippen molar-refractivity contribution >= 4 is 17.6 Å². The molecule has 2 aromatic rings. The Bertz CT molecular complexity index is 1090. The minimum absolute atomic E-state index is 0.131. The third-order valence-electron chi connectivity index (χ3n) is 5.76. The molecule has 0 spiro atoms. The third-order valence-corrected chi connectivity index (χ3v) is 5.76. The maximum Gasteiger partial charge on any atom is 0.329 e. The molecule has 1 fully saturated rings. The Morgan fingerprint density at radius 2 is 1.65 bits per heavy atom. The summed E-state index contributed by atoms with van der Waals surface area (Å²) in [6.07, 6.45) is 4.36. The molecule has 1 amide bonds. The molecule has 0 aliphatic heterocycles. The number of carbonyl (C=O) groups is 2. The first-order valence-electron chi connectivity index (χ1n) is 11.2. The van der Waals surface area contributed by atoms with Crippen LogP contribution in [0.4, 0.5) is 14.5 Å². The highest BCUT2D eigenvalue weighted by Gasteiger charge is 2.35. The summed E-state index contributed by atoms with van der Waals surface area (Å²) >= 11 is 0. The predicted molar refractivity (Wildman–Crippen MR) is 122 cm³/mol. The summed E-state index contributed by atoms with van der Waals surface area (Å²) in [6.45, 7) is 5.19. The van der Waals surface area contributed by atoms with E-state index in [-0.39, 0.29) is 22.6 Å². The van der Waals surface area contributed by atoms with E-state index in [2.05, 4.69) is 5.32 Å². The summed E-state index contributed by atoms with van der Waals surface area (Å²) in [5.41, 5.74) is -1.03. The molecule has 3 rings (SSSR count). The van der Waals surface area contributed by atoms with E-state index in [1.54, 1.807) is 20.8 Å². The number of hydrogen-bond acceptors (Lipinski definition) is 5. The molecule has 0 radical (unpaired) electrons. The number of nitrogens with zero attached hydrogens (tertiary/aromatic N) is 1. The maximum absolute atomic E-state index is 13.6. The van der Waals surface area contributed by atoms with Crippen molar-refractivity contribution in [2.24, 2.45) is 5.92 Å². The third kappa shape index (κ3) is 6.15. The summed E-state index contributed by atoms with van der Waals surface area (Å²) < 4.78 is 32.4. The number of benzene rings is 2. The van der Waals surface area contributed by atoms with E-state index in [4.69, 9.17) is 4.74 Å². The van der Waals surface area contributed by atoms with Gasteiger partial charge in [-0.1, -0.05) is 31.4 Å². The largest absolute Gasteiger partial charge is 0.458 e. The summed E-state index contributed by atoms with van der Waals surface area (Å²) in [5, 5.41) is 14.4. The van der Waals surface area contributed by atoms with Crippen LogP contribution >= 0.6 is 0 Å². The quantitative estimate of drug-likeness (QED) is 0.336. The lowest BCUT2D eigenvalue weighted by Crippen LogP contribution is -2.49. The minimum Gasteiger partial charge on any atom is -0.458 e. The fourth-order valence-corrected chi connectivity index (χ4v) is 4.15. The van der Waals surface area contributed by atoms with E-state index in [1.165, 1.54) is 18.2 Å². The van der Waals surface area contributed by atoms with Crippen LogP contribution in [0.25, 0.3) is 11.1 Å². The molecule has 1 saturated carbocycles. The van der Waals surface area contributed by atoms with Crippen LogP contribution in [0.5, 0.6) is 0 Å². The highest BCUT2D eigenvalue weighted by molar-refractivity contribution is 6.01. The smallest absolute Gasteiger partial charge is 0.329 e. The molecule has 0 aromatic heterocycles. The number of nitro groups is 1. The van der Waals surface area contributed by atoms with Crippen molar-refractivity contribution in [1.82, 2.24) is 5.32 Å². The zero-order valence-electron chi connectivity index (χ0n) is 19.4. The van der Waals surface area contributed by atoms with Gasteiger partial charge in [-0.2, -0.15) is 0 Å². The van der Waals surface area contributed by atoms with E-state index in [1.807, 2.05) is 0 Å². The Morgan fingerprint density at radius 1 is 1.03 bits per heavy atom. The van der Waals surface area contributed by atoms with E-state index >= 15 is 0 Å². The Hall–Kier alpha value is -3.36. The van der Waals surface area contributed by atoms with Crippen LogP contribution in [0, 0.1) is 27.7 Å². The lowest BCUT2D eigenvalue weighted by atomic mass is 9.83. The first-order chi connectivity index (χ1) is 16.0. The summed E-state index contributed by atoms with van der Waals surface area (Å²) in [7, 11) is 0. The van der Waals surface area contributed by atoms with Crippen molar-refractivity contribution in [3.8, 4) is 11.1 Å². The SMILES string of the molecule is CC(C)(C)OC(=O)[C@@H](NC(=O)c1ccc(-c2ccc(F)c(F)c2)cc1[N+](=O)[O-])C1CCCCC1. The lowest BCUT2D eigenvalue weighted by Gasteiger charge is -2.31. The Kier molecular flexibility index (Phi) is 7.64. The molecule has 1 aliphatic rings. The van der Waals surface area contributed by atoms with Gasteiger partial charge in [0.05, 0.1) is 4.92 Å². The number of carbonyl (C=O) groups excluding carboxylic acids is 2. The van der Waals surface area contributed by atoms with Crippen molar-refractivity contribution in [3.63, 3.8) is 0 Å². The maximum atomic E-state index is 13.6. The molecule has 182 valence electrons. The van der Waals surface area contributed by atoms with Crippen LogP contribution in [0.2, 0.25) is 0 Å². The monoisotopic (exact) mass is 474 g/mol. The Labute approximate surface area is 196 Å². The van der Waals surface area contributed by atoms with Gasteiger partial charge in [-0.25, -0.2) is 13.6 Å². The van der Waals surface area contributed by atoms with Gasteiger partial charge in [-0.3, -0.25) is 14.9 Å². The van der Waals surface area contributed by atoms with E-state index in [0.717, 1.165) is 50.3 Å². The van der Waals surface area contributed by atoms with Gasteiger partial charge in [-0.05, 0) is 68.9 Å². The molecular formula is C25H28F2N2O5. The predicted octanol–water partition coefficient (Wildman–Crippen LogP) is 5.56. The van der Waals surface area contributed by atoms with Crippen molar-refractivity contribution in [2.75, 3.05) is 0 Å². The van der Waals surface area contributed by atoms with Crippen LogP contribution in [-0.4, -0.2) is 28.4 Å². The van der Waals surface area contributed by atoms with Crippen LogP contribution in [-0.2, 0) is 9.53 Å². The second-order valence-corrected chi connectivity index (χ2v) is 9.50. The van der Waals surface area contributed by atoms with Crippen molar-refractivity contribution in [2.45, 2.75) is 64.5 Å². The first-order valence-corrected chi connectivity index (χ1v) is 11.2. The highest BCUT2D eigenvalue weighted by atomic mass is 19.2. The molecule has 34 heavy (non-hydrogen) atoms. The minimum atomic E-state index is -1.09. The molecule has 1 N–H and O–H groups in total. The molecule has 1 aliphatic carbocycles. The highest BCUT2D eigenvalue weighted by Crippen LogP contribution is 2.31. The molecule has 7 nitrogen and oxygen atoms in total. The van der Waals surface area contributed by atoms with Gasteiger partial charge in [0.25, 0.3) is 11.6 Å². The average molecular weight is 475 g/mol. The second-order valence-electron chi connectivity index (χ2n) is 9.50. The van der Waals surface area contributed by atoms with Gasteiger partial charge >= 0.3 is 5.97 Å². The van der Waals surface area contributed by atoms with Gasteiger partial charge in [0.15, 0.2) is 11.6 Å². The van der Waals surface area contributed by atoms with Gasteiger partial charge in [0, 0.05) is 6.07 Å². The first kappa shape index (κ1) is 25.3. The number of esters is 1. The van der Waals surface area contributed by atoms with E-state index in [9.17, 15) is 28.5 Å². The molecule has 0 bridgehead atoms. The molecule has 0 unspecified atom stereocenters. The number of ether oxygens (including phenoxy) is 1. The van der Waals surface area contributed by atoms with Gasteiger partial charge in [-0.15, -0.1) is 0 Å². The molecule has 1 atom stereocenters. The van der Waals surface area contributed by atoms with Crippen LogP contribution in [0.3, 0.4) is 0 Å². The number of amides is 1. The summed E-state index contributed by atoms with van der Waals surface area (Å²) in [4.78, 5) is 37.0. The lowest BCUT2D eigenvalue weighted by molar-refractivity contribution is -0.385. The standard InChI is InChI=1S/C25H28F2N2O5/c1-25(2,3)34-24(31)22(15-7-5-4-6-8-15)28-23(30)18-11-9-17(14-21(18)29(32)33)16-10-12-19(26)20(27)13-16/h9-15,22H,4-8H2,1-3H3,(H,28,30)/t22-/m0/s1. The van der Waals surface area contributed by atoms with Crippen molar-refractivity contribution < 1.29 is 28.0 Å². The summed E-state index contributed by atoms with van der Waals surface area (Å²) in [5.74, 6) is -3.60. The number of nitrogens with one attached hydrogen (secondary N) is 1. The zero-order chi connectivity index (χ0) is 25.0. The fraction of sp³-hybridized carbons (Fsp3) is 0.440. The molecule has 0 saturated heterocycles. The normalized spacial score (nSPS) is 15.4. The zero-order valence-corrected chi connectivity index (χ0v) is 19.4. The van der Waals surface area contributed by atoms with E-state index in [0.29, 0.717) is 0 Å². The number of nitro benzene ring substituents is 1. The van der Waals surface area contributed by atoms with Gasteiger partial charge < -0.3 is 10.1 Å². The van der Waals surface area contributed by atoms with Gasteiger partial charge in [0.2, 0.25) is 0 Å². The number of rotatable bonds is 6. The Balaban J connectivity index is 1.91. The topological polar surface area (TPSA) is 98.5 Å². The molecule has 0 heterocycles. The van der Waals surface area contributed by atoms with Crippen LogP contribution in [0.15, 0.2) is 36.4 Å².